The van der Waals surface area contributed by atoms with Gasteiger partial charge < -0.3 is 24.7 Å². The first-order valence-corrected chi connectivity index (χ1v) is 12.4. The number of benzene rings is 4. The second-order valence-corrected chi connectivity index (χ2v) is 9.14. The maximum Gasteiger partial charge on any atom is 0.343 e. The van der Waals surface area contributed by atoms with Gasteiger partial charge in [-0.15, -0.1) is 0 Å². The third-order valence-corrected chi connectivity index (χ3v) is 6.49. The van der Waals surface area contributed by atoms with Crippen molar-refractivity contribution in [2.75, 3.05) is 7.11 Å². The van der Waals surface area contributed by atoms with E-state index in [0.717, 1.165) is 11.1 Å². The topological polar surface area (TPSA) is 104 Å². The van der Waals surface area contributed by atoms with Gasteiger partial charge in [-0.25, -0.2) is 4.79 Å². The van der Waals surface area contributed by atoms with Crippen molar-refractivity contribution in [3.8, 4) is 29.1 Å². The van der Waals surface area contributed by atoms with Gasteiger partial charge in [0, 0.05) is 16.7 Å². The maximum atomic E-state index is 12.6. The minimum atomic E-state index is -0.545. The van der Waals surface area contributed by atoms with Crippen LogP contribution in [0.15, 0.2) is 102 Å². The summed E-state index contributed by atoms with van der Waals surface area (Å²) in [6.07, 6.45) is 0. The largest absolute Gasteiger partial charge is 0.493 e. The number of allylic oxidation sites excluding steroid dienone is 1. The Morgan fingerprint density at radius 1 is 1.00 bits per heavy atom. The number of methoxy groups -OCH3 is 1. The first kappa shape index (κ1) is 25.7. The second-order valence-electron chi connectivity index (χ2n) is 8.71. The number of halogens is 1. The summed E-state index contributed by atoms with van der Waals surface area (Å²) in [5, 5.41) is 10.4. The predicted molar refractivity (Wildman–Crippen MR) is 146 cm³/mol. The molecule has 1 aliphatic heterocycles. The molecule has 1 heterocycles. The van der Waals surface area contributed by atoms with E-state index in [-0.39, 0.29) is 17.2 Å². The molecular weight excluding hydrogens is 516 g/mol. The minimum absolute atomic E-state index is 0.0282. The minimum Gasteiger partial charge on any atom is -0.493 e. The average molecular weight is 539 g/mol. The first-order valence-electron chi connectivity index (χ1n) is 12.0. The van der Waals surface area contributed by atoms with E-state index in [1.165, 1.54) is 0 Å². The maximum absolute atomic E-state index is 12.6. The van der Waals surface area contributed by atoms with Crippen molar-refractivity contribution in [3.05, 3.63) is 130 Å². The summed E-state index contributed by atoms with van der Waals surface area (Å²) in [5.41, 5.74) is 9.24. The van der Waals surface area contributed by atoms with E-state index in [9.17, 15) is 10.1 Å². The Labute approximate surface area is 230 Å². The molecule has 0 fully saturated rings. The number of hydrogen-bond acceptors (Lipinski definition) is 7. The summed E-state index contributed by atoms with van der Waals surface area (Å²) in [6.45, 7) is 0.379. The molecule has 0 aliphatic carbocycles. The van der Waals surface area contributed by atoms with Crippen LogP contribution in [0.2, 0.25) is 5.02 Å². The van der Waals surface area contributed by atoms with Gasteiger partial charge in [-0.3, -0.25) is 0 Å². The highest BCUT2D eigenvalue weighted by Gasteiger charge is 2.32. The monoisotopic (exact) mass is 538 g/mol. The SMILES string of the molecule is COc1cc(C2C(C#N)=C(N)Oc3cc(OC(=O)c4ccc(Cl)cc4)ccc32)ccc1OCc1ccccc1. The lowest BCUT2D eigenvalue weighted by atomic mass is 9.83. The zero-order valence-electron chi connectivity index (χ0n) is 20.9. The van der Waals surface area contributed by atoms with E-state index < -0.39 is 11.9 Å². The number of carbonyl (C=O) groups is 1. The number of nitriles is 1. The lowest BCUT2D eigenvalue weighted by Crippen LogP contribution is -2.21. The molecule has 1 unspecified atom stereocenters. The molecule has 2 N–H and O–H groups in total. The first-order chi connectivity index (χ1) is 19.0. The van der Waals surface area contributed by atoms with Crippen molar-refractivity contribution >= 4 is 17.6 Å². The van der Waals surface area contributed by atoms with E-state index >= 15 is 0 Å². The molecule has 8 heteroatoms. The fourth-order valence-corrected chi connectivity index (χ4v) is 4.44. The molecule has 0 spiro atoms. The van der Waals surface area contributed by atoms with Crippen LogP contribution >= 0.6 is 11.6 Å². The van der Waals surface area contributed by atoms with Crippen molar-refractivity contribution in [1.29, 1.82) is 5.26 Å². The Balaban J connectivity index is 1.44. The molecule has 39 heavy (non-hydrogen) atoms. The molecule has 0 aromatic heterocycles. The second kappa shape index (κ2) is 11.2. The van der Waals surface area contributed by atoms with Crippen LogP contribution in [0.5, 0.6) is 23.0 Å². The van der Waals surface area contributed by atoms with E-state index in [0.29, 0.717) is 40.0 Å². The fraction of sp³-hybridized carbons (Fsp3) is 0.0968. The summed E-state index contributed by atoms with van der Waals surface area (Å²) >= 11 is 5.90. The van der Waals surface area contributed by atoms with E-state index in [2.05, 4.69) is 6.07 Å². The molecule has 4 aromatic rings. The summed E-state index contributed by atoms with van der Waals surface area (Å²) in [6, 6.07) is 28.8. The lowest BCUT2D eigenvalue weighted by Gasteiger charge is -2.27. The highest BCUT2D eigenvalue weighted by Crippen LogP contribution is 2.45. The number of esters is 1. The Hall–Kier alpha value is -4.93. The van der Waals surface area contributed by atoms with Gasteiger partial charge >= 0.3 is 5.97 Å². The molecule has 0 saturated carbocycles. The normalized spacial score (nSPS) is 14.0. The summed E-state index contributed by atoms with van der Waals surface area (Å²) in [5.74, 6) is 0.620. The van der Waals surface area contributed by atoms with Crippen LogP contribution in [0, 0.1) is 11.3 Å². The van der Waals surface area contributed by atoms with Gasteiger partial charge in [-0.1, -0.05) is 54.1 Å². The number of rotatable bonds is 7. The number of ether oxygens (including phenoxy) is 4. The molecule has 4 aromatic carbocycles. The molecule has 0 amide bonds. The Morgan fingerprint density at radius 2 is 1.77 bits per heavy atom. The van der Waals surface area contributed by atoms with Crippen LogP contribution in [0.3, 0.4) is 0 Å². The van der Waals surface area contributed by atoms with Gasteiger partial charge in [0.25, 0.3) is 0 Å². The molecule has 0 radical (unpaired) electrons. The van der Waals surface area contributed by atoms with Crippen LogP contribution < -0.4 is 24.7 Å². The highest BCUT2D eigenvalue weighted by atomic mass is 35.5. The van der Waals surface area contributed by atoms with Crippen molar-refractivity contribution in [2.24, 2.45) is 5.73 Å². The average Bonchev–Trinajstić information content (AvgIpc) is 2.96. The third kappa shape index (κ3) is 5.52. The Morgan fingerprint density at radius 3 is 2.49 bits per heavy atom. The molecule has 0 bridgehead atoms. The van der Waals surface area contributed by atoms with Crippen LogP contribution in [-0.4, -0.2) is 13.1 Å². The van der Waals surface area contributed by atoms with Crippen molar-refractivity contribution < 1.29 is 23.7 Å². The Bertz CT molecular complexity index is 1590. The summed E-state index contributed by atoms with van der Waals surface area (Å²) in [4.78, 5) is 12.6. The van der Waals surface area contributed by atoms with Gasteiger partial charge in [0.1, 0.15) is 29.7 Å². The van der Waals surface area contributed by atoms with E-state index in [1.807, 2.05) is 42.5 Å². The van der Waals surface area contributed by atoms with Gasteiger partial charge in [0.05, 0.1) is 18.6 Å². The van der Waals surface area contributed by atoms with E-state index in [4.69, 9.17) is 36.3 Å². The van der Waals surface area contributed by atoms with Crippen LogP contribution in [0.1, 0.15) is 33.0 Å². The summed E-state index contributed by atoms with van der Waals surface area (Å²) < 4.78 is 22.9. The quantitative estimate of drug-likeness (QED) is 0.215. The van der Waals surface area contributed by atoms with Gasteiger partial charge in [0.2, 0.25) is 5.88 Å². The smallest absolute Gasteiger partial charge is 0.343 e. The molecule has 5 rings (SSSR count). The molecule has 7 nitrogen and oxygen atoms in total. The van der Waals surface area contributed by atoms with Crippen molar-refractivity contribution in [3.63, 3.8) is 0 Å². The molecule has 194 valence electrons. The molecule has 1 aliphatic rings. The van der Waals surface area contributed by atoms with Crippen LogP contribution in [0.4, 0.5) is 0 Å². The van der Waals surface area contributed by atoms with Gasteiger partial charge in [-0.05, 0) is 53.6 Å². The third-order valence-electron chi connectivity index (χ3n) is 6.24. The zero-order valence-corrected chi connectivity index (χ0v) is 21.6. The number of fused-ring (bicyclic) bond motifs is 1. The Kier molecular flexibility index (Phi) is 7.39. The van der Waals surface area contributed by atoms with Crippen LogP contribution in [0.25, 0.3) is 0 Å². The summed E-state index contributed by atoms with van der Waals surface area (Å²) in [7, 11) is 1.56. The molecule has 1 atom stereocenters. The van der Waals surface area contributed by atoms with Crippen molar-refractivity contribution in [1.82, 2.24) is 0 Å². The van der Waals surface area contributed by atoms with Crippen LogP contribution in [-0.2, 0) is 6.61 Å². The molecular formula is C31H23ClN2O5. The van der Waals surface area contributed by atoms with Gasteiger partial charge in [-0.2, -0.15) is 5.26 Å². The lowest BCUT2D eigenvalue weighted by molar-refractivity contribution is 0.0734. The molecule has 0 saturated heterocycles. The zero-order chi connectivity index (χ0) is 27.4. The fourth-order valence-electron chi connectivity index (χ4n) is 4.31. The van der Waals surface area contributed by atoms with Gasteiger partial charge in [0.15, 0.2) is 11.5 Å². The number of nitrogens with two attached hydrogens (primary N) is 1. The van der Waals surface area contributed by atoms with E-state index in [1.54, 1.807) is 55.6 Å². The van der Waals surface area contributed by atoms with Crippen molar-refractivity contribution in [2.45, 2.75) is 12.5 Å². The standard InChI is InChI=1S/C31H23ClN2O5/c1-36-28-15-21(9-14-26(28)37-18-19-5-3-2-4-6-19)29-24-13-12-23(16-27(24)39-30(34)25(29)17-33)38-31(35)20-7-10-22(32)11-8-20/h2-16,29H,18,34H2,1H3. The number of carbonyl (C=O) groups excluding carboxylic acids is 1. The number of nitrogens with zero attached hydrogens (tertiary/aromatic N) is 1. The number of hydrogen-bond donors (Lipinski definition) is 1. The predicted octanol–water partition coefficient (Wildman–Crippen LogP) is 6.36. The highest BCUT2D eigenvalue weighted by molar-refractivity contribution is 6.30.